The summed E-state index contributed by atoms with van der Waals surface area (Å²) in [6, 6.07) is 10.3. The smallest absolute Gasteiger partial charge is 0.310 e. The number of benzene rings is 1. The van der Waals surface area contributed by atoms with Gasteiger partial charge in [-0.1, -0.05) is 12.1 Å². The molecule has 1 aromatic carbocycles. The largest absolute Gasteiger partial charge is 0.466 e. The summed E-state index contributed by atoms with van der Waals surface area (Å²) in [5.74, 6) is -1.30. The molecule has 6 nitrogen and oxygen atoms in total. The highest BCUT2D eigenvalue weighted by Crippen LogP contribution is 2.31. The van der Waals surface area contributed by atoms with Crippen molar-refractivity contribution in [3.63, 3.8) is 0 Å². The highest BCUT2D eigenvalue weighted by molar-refractivity contribution is 5.79. The van der Waals surface area contributed by atoms with Gasteiger partial charge >= 0.3 is 5.97 Å². The summed E-state index contributed by atoms with van der Waals surface area (Å²) in [6.45, 7) is 5.08. The van der Waals surface area contributed by atoms with Crippen LogP contribution in [0.15, 0.2) is 48.8 Å². The molecule has 3 aromatic rings. The van der Waals surface area contributed by atoms with Crippen molar-refractivity contribution >= 4 is 17.5 Å². The van der Waals surface area contributed by atoms with Gasteiger partial charge in [-0.3, -0.25) is 9.59 Å². The zero-order valence-corrected chi connectivity index (χ0v) is 18.5. The molecule has 0 radical (unpaired) electrons. The molecule has 2 unspecified atom stereocenters. The van der Waals surface area contributed by atoms with Crippen LogP contribution in [0.5, 0.6) is 0 Å². The van der Waals surface area contributed by atoms with Gasteiger partial charge in [-0.2, -0.15) is 0 Å². The van der Waals surface area contributed by atoms with Gasteiger partial charge < -0.3 is 14.0 Å². The van der Waals surface area contributed by atoms with Crippen molar-refractivity contribution in [2.75, 3.05) is 19.7 Å². The lowest BCUT2D eigenvalue weighted by atomic mass is 9.91. The fourth-order valence-corrected chi connectivity index (χ4v) is 4.44. The number of hydrogen-bond acceptors (Lipinski definition) is 4. The predicted octanol–water partition coefficient (Wildman–Crippen LogP) is 4.11. The Hall–Kier alpha value is -3.22. The molecule has 3 heterocycles. The lowest BCUT2D eigenvalue weighted by Gasteiger charge is -2.32. The van der Waals surface area contributed by atoms with Crippen molar-refractivity contribution in [3.05, 3.63) is 71.4 Å². The zero-order chi connectivity index (χ0) is 22.7. The highest BCUT2D eigenvalue weighted by atomic mass is 19.1. The van der Waals surface area contributed by atoms with Gasteiger partial charge in [-0.05, 0) is 62.1 Å². The maximum Gasteiger partial charge on any atom is 0.310 e. The summed E-state index contributed by atoms with van der Waals surface area (Å²) < 4.78 is 21.2. The quantitative estimate of drug-likeness (QED) is 0.545. The number of amides is 1. The highest BCUT2D eigenvalue weighted by Gasteiger charge is 2.31. The fraction of sp³-hybridized carbons (Fsp3) is 0.400. The van der Waals surface area contributed by atoms with Gasteiger partial charge in [0.15, 0.2) is 0 Å². The van der Waals surface area contributed by atoms with Crippen LogP contribution in [0, 0.1) is 18.7 Å². The van der Waals surface area contributed by atoms with E-state index in [0.717, 1.165) is 35.3 Å². The third-order valence-corrected chi connectivity index (χ3v) is 6.08. The van der Waals surface area contributed by atoms with Gasteiger partial charge in [0, 0.05) is 37.8 Å². The van der Waals surface area contributed by atoms with Crippen LogP contribution in [0.25, 0.3) is 5.65 Å². The van der Waals surface area contributed by atoms with Crippen LogP contribution in [0.2, 0.25) is 0 Å². The van der Waals surface area contributed by atoms with Gasteiger partial charge in [-0.25, -0.2) is 9.37 Å². The Morgan fingerprint density at radius 3 is 2.91 bits per heavy atom. The first-order valence-corrected chi connectivity index (χ1v) is 11.1. The fourth-order valence-electron chi connectivity index (χ4n) is 4.44. The average molecular weight is 438 g/mol. The molecule has 168 valence electrons. The van der Waals surface area contributed by atoms with Crippen molar-refractivity contribution in [2.45, 2.75) is 39.0 Å². The monoisotopic (exact) mass is 437 g/mol. The number of halogens is 1. The van der Waals surface area contributed by atoms with Crippen molar-refractivity contribution in [1.29, 1.82) is 0 Å². The number of carbonyl (C=O) groups excluding carboxylic acids is 2. The number of esters is 1. The molecule has 1 aliphatic rings. The number of nitrogens with zero attached hydrogens (tertiary/aromatic N) is 3. The van der Waals surface area contributed by atoms with Gasteiger partial charge in [-0.15, -0.1) is 0 Å². The Balaban J connectivity index is 1.62. The van der Waals surface area contributed by atoms with Crippen molar-refractivity contribution < 1.29 is 18.7 Å². The van der Waals surface area contributed by atoms with E-state index < -0.39 is 0 Å². The van der Waals surface area contributed by atoms with E-state index in [0.29, 0.717) is 19.7 Å². The molecule has 4 rings (SSSR count). The van der Waals surface area contributed by atoms with E-state index in [4.69, 9.17) is 4.74 Å². The Kier molecular flexibility index (Phi) is 6.53. The molecule has 7 heteroatoms. The van der Waals surface area contributed by atoms with Crippen LogP contribution in [-0.4, -0.2) is 45.9 Å². The lowest BCUT2D eigenvalue weighted by molar-refractivity contribution is -0.151. The summed E-state index contributed by atoms with van der Waals surface area (Å²) in [5, 5.41) is 0. The number of fused-ring (bicyclic) bond motifs is 1. The lowest BCUT2D eigenvalue weighted by Crippen LogP contribution is -2.43. The molecule has 0 spiro atoms. The SMILES string of the molecule is CCOC(=O)C1CCCN(C(=O)CC(c2cccc(F)c2)c2cnc3cc(C)ccn23)C1. The molecule has 0 aliphatic carbocycles. The number of piperidine rings is 1. The van der Waals surface area contributed by atoms with E-state index in [-0.39, 0.29) is 36.0 Å². The third-order valence-electron chi connectivity index (χ3n) is 6.08. The summed E-state index contributed by atoms with van der Waals surface area (Å²) >= 11 is 0. The topological polar surface area (TPSA) is 63.9 Å². The minimum absolute atomic E-state index is 0.0599. The summed E-state index contributed by atoms with van der Waals surface area (Å²) in [4.78, 5) is 31.8. The normalized spacial score (nSPS) is 17.3. The molecule has 0 N–H and O–H groups in total. The van der Waals surface area contributed by atoms with E-state index in [9.17, 15) is 14.0 Å². The van der Waals surface area contributed by atoms with Gasteiger partial charge in [0.05, 0.1) is 18.2 Å². The first-order valence-electron chi connectivity index (χ1n) is 11.1. The van der Waals surface area contributed by atoms with Gasteiger partial charge in [0.1, 0.15) is 11.5 Å². The number of aryl methyl sites for hydroxylation is 1. The van der Waals surface area contributed by atoms with Gasteiger partial charge in [0.25, 0.3) is 0 Å². The Bertz CT molecular complexity index is 1130. The van der Waals surface area contributed by atoms with Gasteiger partial charge in [0.2, 0.25) is 5.91 Å². The molecule has 32 heavy (non-hydrogen) atoms. The molecule has 1 saturated heterocycles. The van der Waals surface area contributed by atoms with E-state index in [1.165, 1.54) is 12.1 Å². The molecule has 1 amide bonds. The van der Waals surface area contributed by atoms with E-state index >= 15 is 0 Å². The van der Waals surface area contributed by atoms with Crippen molar-refractivity contribution in [2.24, 2.45) is 5.92 Å². The van der Waals surface area contributed by atoms with Crippen LogP contribution in [0.1, 0.15) is 48.9 Å². The first kappa shape index (κ1) is 22.0. The van der Waals surface area contributed by atoms with Crippen molar-refractivity contribution in [1.82, 2.24) is 14.3 Å². The summed E-state index contributed by atoms with van der Waals surface area (Å²) in [5.41, 5.74) is 3.43. The number of aromatic nitrogens is 2. The first-order chi connectivity index (χ1) is 15.5. The molecule has 0 bridgehead atoms. The Morgan fingerprint density at radius 2 is 2.12 bits per heavy atom. The minimum atomic E-state index is -0.362. The third kappa shape index (κ3) is 4.66. The molecule has 2 aromatic heterocycles. The maximum absolute atomic E-state index is 14.1. The van der Waals surface area contributed by atoms with Crippen LogP contribution in [0.3, 0.4) is 0 Å². The number of pyridine rings is 1. The van der Waals surface area contributed by atoms with E-state index in [2.05, 4.69) is 4.98 Å². The number of hydrogen-bond donors (Lipinski definition) is 0. The molecule has 2 atom stereocenters. The summed E-state index contributed by atoms with van der Waals surface area (Å²) in [6.07, 6.45) is 5.34. The molecular weight excluding hydrogens is 409 g/mol. The van der Waals surface area contributed by atoms with Crippen LogP contribution in [-0.2, 0) is 14.3 Å². The van der Waals surface area contributed by atoms with Crippen LogP contribution < -0.4 is 0 Å². The second kappa shape index (κ2) is 9.51. The van der Waals surface area contributed by atoms with Crippen molar-refractivity contribution in [3.8, 4) is 0 Å². The minimum Gasteiger partial charge on any atom is -0.466 e. The number of carbonyl (C=O) groups is 2. The molecule has 1 fully saturated rings. The average Bonchev–Trinajstić information content (AvgIpc) is 3.20. The van der Waals surface area contributed by atoms with Crippen LogP contribution >= 0.6 is 0 Å². The standard InChI is InChI=1S/C25H28FN3O3/c1-3-32-25(31)19-7-5-10-28(16-19)24(30)14-21(18-6-4-8-20(26)13-18)22-15-27-23-12-17(2)9-11-29(22)23/h4,6,8-9,11-13,15,19,21H,3,5,7,10,14,16H2,1-2H3. The number of ether oxygens (including phenoxy) is 1. The number of imidazole rings is 1. The van der Waals surface area contributed by atoms with E-state index in [1.807, 2.05) is 35.7 Å². The van der Waals surface area contributed by atoms with Crippen LogP contribution in [0.4, 0.5) is 4.39 Å². The maximum atomic E-state index is 14.1. The Labute approximate surface area is 187 Å². The predicted molar refractivity (Wildman–Crippen MR) is 119 cm³/mol. The Morgan fingerprint density at radius 1 is 1.28 bits per heavy atom. The number of rotatable bonds is 6. The molecular formula is C25H28FN3O3. The van der Waals surface area contributed by atoms with E-state index in [1.54, 1.807) is 24.1 Å². The zero-order valence-electron chi connectivity index (χ0n) is 18.5. The molecule has 1 aliphatic heterocycles. The molecule has 0 saturated carbocycles. The second-order valence-corrected chi connectivity index (χ2v) is 8.36. The number of likely N-dealkylation sites (tertiary alicyclic amines) is 1. The summed E-state index contributed by atoms with van der Waals surface area (Å²) in [7, 11) is 0. The second-order valence-electron chi connectivity index (χ2n) is 8.36.